The number of methoxy groups -OCH3 is 1. The summed E-state index contributed by atoms with van der Waals surface area (Å²) in [5.74, 6) is -0.758. The second-order valence-electron chi connectivity index (χ2n) is 6.28. The number of aromatic nitrogens is 1. The zero-order valence-electron chi connectivity index (χ0n) is 15.7. The number of aliphatic hydroxyl groups is 3. The number of amides is 1. The van der Waals surface area contributed by atoms with Crippen molar-refractivity contribution in [2.45, 2.75) is 24.4 Å². The van der Waals surface area contributed by atoms with E-state index in [0.717, 1.165) is 17.6 Å². The molecule has 0 aliphatic carbocycles. The van der Waals surface area contributed by atoms with E-state index in [1.165, 1.54) is 12.5 Å². The van der Waals surface area contributed by atoms with Crippen molar-refractivity contribution < 1.29 is 33.3 Å². The van der Waals surface area contributed by atoms with E-state index in [1.54, 1.807) is 30.3 Å². The fraction of sp³-hybridized carbons (Fsp3) is 0.412. The van der Waals surface area contributed by atoms with Gasteiger partial charge in [-0.15, -0.1) is 11.3 Å². The summed E-state index contributed by atoms with van der Waals surface area (Å²) in [5.41, 5.74) is 0.305. The highest BCUT2D eigenvalue weighted by Crippen LogP contribution is 2.22. The summed E-state index contributed by atoms with van der Waals surface area (Å²) in [7, 11) is -2.22. The van der Waals surface area contributed by atoms with Gasteiger partial charge in [0.1, 0.15) is 24.0 Å². The Labute approximate surface area is 172 Å². The number of hydrogen-bond donors (Lipinski definition) is 5. The van der Waals surface area contributed by atoms with Crippen molar-refractivity contribution in [3.05, 3.63) is 47.0 Å². The standard InChI is InChI=1S/C17H23N3O7S2/c1-27-8-12(21)15(23)13(14(22)10-6-4-3-5-7-10)19-16(24)11-9-28-17(18-11)20-29(2,25)26/h3-7,9,12-15,21-23H,8H2,1-2H3,(H,18,20)(H,19,24). The number of aliphatic hydroxyl groups excluding tert-OH is 3. The maximum atomic E-state index is 12.6. The Bertz CT molecular complexity index is 905. The van der Waals surface area contributed by atoms with Crippen LogP contribution in [0.1, 0.15) is 22.2 Å². The second-order valence-corrected chi connectivity index (χ2v) is 8.89. The van der Waals surface area contributed by atoms with Gasteiger partial charge in [-0.1, -0.05) is 30.3 Å². The zero-order chi connectivity index (χ0) is 21.6. The van der Waals surface area contributed by atoms with E-state index in [-0.39, 0.29) is 17.4 Å². The molecule has 1 amide bonds. The van der Waals surface area contributed by atoms with E-state index in [4.69, 9.17) is 4.74 Å². The second kappa shape index (κ2) is 10.1. The van der Waals surface area contributed by atoms with Crippen molar-refractivity contribution in [2.24, 2.45) is 0 Å². The van der Waals surface area contributed by atoms with E-state index in [0.29, 0.717) is 5.56 Å². The molecule has 12 heteroatoms. The Kier molecular flexibility index (Phi) is 8.07. The quantitative estimate of drug-likeness (QED) is 0.334. The molecule has 2 aromatic rings. The lowest BCUT2D eigenvalue weighted by atomic mass is 9.94. The molecule has 0 aliphatic heterocycles. The predicted molar refractivity (Wildman–Crippen MR) is 107 cm³/mol. The number of carbonyl (C=O) groups excluding carboxylic acids is 1. The number of nitrogens with zero attached hydrogens (tertiary/aromatic N) is 1. The number of nitrogens with one attached hydrogen (secondary N) is 2. The number of hydrogen-bond acceptors (Lipinski definition) is 9. The van der Waals surface area contributed by atoms with Gasteiger partial charge in [0.25, 0.3) is 5.91 Å². The fourth-order valence-electron chi connectivity index (χ4n) is 2.53. The van der Waals surface area contributed by atoms with Crippen LogP contribution in [0, 0.1) is 0 Å². The summed E-state index contributed by atoms with van der Waals surface area (Å²) in [5, 5.41) is 35.0. The first-order valence-corrected chi connectivity index (χ1v) is 11.2. The van der Waals surface area contributed by atoms with Crippen molar-refractivity contribution in [2.75, 3.05) is 24.7 Å². The Morgan fingerprint density at radius 2 is 1.90 bits per heavy atom. The van der Waals surface area contributed by atoms with Crippen molar-refractivity contribution in [3.8, 4) is 0 Å². The number of sulfonamides is 1. The Balaban J connectivity index is 2.23. The molecule has 0 saturated heterocycles. The number of carbonyl (C=O) groups is 1. The van der Waals surface area contributed by atoms with Crippen LogP contribution in [0.5, 0.6) is 0 Å². The number of thiazole rings is 1. The lowest BCUT2D eigenvalue weighted by Gasteiger charge is -2.31. The average Bonchev–Trinajstić information content (AvgIpc) is 3.12. The molecule has 29 heavy (non-hydrogen) atoms. The van der Waals surface area contributed by atoms with Crippen LogP contribution in [0.2, 0.25) is 0 Å². The molecule has 4 unspecified atom stereocenters. The minimum atomic E-state index is -3.55. The summed E-state index contributed by atoms with van der Waals surface area (Å²) in [6, 6.07) is 7.03. The van der Waals surface area contributed by atoms with Crippen LogP contribution >= 0.6 is 11.3 Å². The van der Waals surface area contributed by atoms with E-state index in [1.807, 2.05) is 0 Å². The smallest absolute Gasteiger partial charge is 0.271 e. The third kappa shape index (κ3) is 6.73. The van der Waals surface area contributed by atoms with Crippen LogP contribution in [0.15, 0.2) is 35.7 Å². The fourth-order valence-corrected chi connectivity index (χ4v) is 4.07. The van der Waals surface area contributed by atoms with Gasteiger partial charge in [-0.05, 0) is 5.56 Å². The molecule has 5 N–H and O–H groups in total. The topological polar surface area (TPSA) is 158 Å². The predicted octanol–water partition coefficient (Wildman–Crippen LogP) is -0.285. The summed E-state index contributed by atoms with van der Waals surface area (Å²) in [6.45, 7) is -0.214. The third-order valence-corrected chi connectivity index (χ3v) is 5.34. The van der Waals surface area contributed by atoms with Crippen molar-refractivity contribution in [1.29, 1.82) is 0 Å². The summed E-state index contributed by atoms with van der Waals surface area (Å²) < 4.78 is 29.5. The van der Waals surface area contributed by atoms with Gasteiger partial charge in [-0.2, -0.15) is 0 Å². The zero-order valence-corrected chi connectivity index (χ0v) is 17.4. The maximum absolute atomic E-state index is 12.6. The molecular formula is C17H23N3O7S2. The minimum absolute atomic E-state index is 0.00206. The minimum Gasteiger partial charge on any atom is -0.388 e. The molecule has 10 nitrogen and oxygen atoms in total. The number of anilines is 1. The molecule has 0 spiro atoms. The van der Waals surface area contributed by atoms with E-state index >= 15 is 0 Å². The van der Waals surface area contributed by atoms with Crippen molar-refractivity contribution >= 4 is 32.4 Å². The van der Waals surface area contributed by atoms with Gasteiger partial charge < -0.3 is 25.4 Å². The van der Waals surface area contributed by atoms with Crippen LogP contribution in [0.3, 0.4) is 0 Å². The van der Waals surface area contributed by atoms with Crippen LogP contribution < -0.4 is 10.0 Å². The number of ether oxygens (including phenoxy) is 1. The van der Waals surface area contributed by atoms with Gasteiger partial charge in [0, 0.05) is 12.5 Å². The lowest BCUT2D eigenvalue weighted by molar-refractivity contribution is -0.0633. The highest BCUT2D eigenvalue weighted by Gasteiger charge is 2.34. The highest BCUT2D eigenvalue weighted by atomic mass is 32.2. The Morgan fingerprint density at radius 3 is 2.48 bits per heavy atom. The van der Waals surface area contributed by atoms with E-state index in [2.05, 4.69) is 15.0 Å². The Morgan fingerprint density at radius 1 is 1.24 bits per heavy atom. The summed E-state index contributed by atoms with van der Waals surface area (Å²) in [4.78, 5) is 16.5. The third-order valence-electron chi connectivity index (χ3n) is 3.89. The van der Waals surface area contributed by atoms with Crippen LogP contribution in [0.4, 0.5) is 5.13 Å². The molecule has 0 saturated carbocycles. The van der Waals surface area contributed by atoms with E-state index in [9.17, 15) is 28.5 Å². The molecule has 0 aliphatic rings. The first-order valence-electron chi connectivity index (χ1n) is 8.44. The van der Waals surface area contributed by atoms with Crippen molar-refractivity contribution in [3.63, 3.8) is 0 Å². The molecule has 4 atom stereocenters. The van der Waals surface area contributed by atoms with Gasteiger partial charge in [-0.25, -0.2) is 13.4 Å². The number of benzene rings is 1. The van der Waals surface area contributed by atoms with Gasteiger partial charge >= 0.3 is 0 Å². The monoisotopic (exact) mass is 445 g/mol. The van der Waals surface area contributed by atoms with Crippen LogP contribution in [-0.4, -0.2) is 72.9 Å². The SMILES string of the molecule is COCC(O)C(O)C(NC(=O)c1csc(NS(C)(=O)=O)n1)C(O)c1ccccc1. The van der Waals surface area contributed by atoms with E-state index < -0.39 is 40.3 Å². The average molecular weight is 446 g/mol. The molecule has 0 fully saturated rings. The molecule has 0 radical (unpaired) electrons. The molecule has 1 aromatic heterocycles. The largest absolute Gasteiger partial charge is 0.388 e. The normalized spacial score (nSPS) is 15.9. The van der Waals surface area contributed by atoms with Crippen LogP contribution in [-0.2, 0) is 14.8 Å². The first-order chi connectivity index (χ1) is 13.6. The maximum Gasteiger partial charge on any atom is 0.271 e. The molecule has 0 bridgehead atoms. The van der Waals surface area contributed by atoms with Crippen LogP contribution in [0.25, 0.3) is 0 Å². The summed E-state index contributed by atoms with van der Waals surface area (Å²) in [6.07, 6.45) is -3.31. The first kappa shape index (κ1) is 23.2. The molecular weight excluding hydrogens is 422 g/mol. The van der Waals surface area contributed by atoms with Gasteiger partial charge in [-0.3, -0.25) is 9.52 Å². The molecule has 1 heterocycles. The number of rotatable bonds is 10. The molecule has 2 rings (SSSR count). The van der Waals surface area contributed by atoms with Gasteiger partial charge in [0.15, 0.2) is 5.13 Å². The van der Waals surface area contributed by atoms with Crippen molar-refractivity contribution in [1.82, 2.24) is 10.3 Å². The van der Waals surface area contributed by atoms with Gasteiger partial charge in [0.2, 0.25) is 10.0 Å². The molecule has 1 aromatic carbocycles. The van der Waals surface area contributed by atoms with Gasteiger partial charge in [0.05, 0.1) is 18.9 Å². The summed E-state index contributed by atoms with van der Waals surface area (Å²) >= 11 is 0.903. The molecule has 160 valence electrons. The Hall–Kier alpha value is -2.09. The highest BCUT2D eigenvalue weighted by molar-refractivity contribution is 7.92. The lowest BCUT2D eigenvalue weighted by Crippen LogP contribution is -2.52.